The van der Waals surface area contributed by atoms with Crippen molar-refractivity contribution < 1.29 is 8.42 Å². The summed E-state index contributed by atoms with van der Waals surface area (Å²) in [5, 5.41) is 4.32. The summed E-state index contributed by atoms with van der Waals surface area (Å²) in [5.41, 5.74) is 2.83. The van der Waals surface area contributed by atoms with Gasteiger partial charge < -0.3 is 0 Å². The second kappa shape index (κ2) is 8.04. The Bertz CT molecular complexity index is 885. The Hall–Kier alpha value is -1.84. The lowest BCUT2D eigenvalue weighted by Gasteiger charge is -2.32. The van der Waals surface area contributed by atoms with Crippen LogP contribution in [0.25, 0.3) is 11.4 Å². The molecular weight excluding hydrogens is 364 g/mol. The predicted molar refractivity (Wildman–Crippen MR) is 104 cm³/mol. The van der Waals surface area contributed by atoms with Gasteiger partial charge in [-0.1, -0.05) is 0 Å². The first-order chi connectivity index (χ1) is 12.8. The van der Waals surface area contributed by atoms with Gasteiger partial charge in [-0.05, 0) is 44.7 Å². The highest BCUT2D eigenvalue weighted by Gasteiger charge is 2.29. The molecule has 3 rings (SSSR count). The number of nitrogens with zero attached hydrogens (tertiary/aromatic N) is 6. The molecule has 2 aromatic heterocycles. The summed E-state index contributed by atoms with van der Waals surface area (Å²) < 4.78 is 29.3. The molecule has 0 saturated carbocycles. The maximum Gasteiger partial charge on any atom is 0.281 e. The van der Waals surface area contributed by atoms with Gasteiger partial charge in [0.15, 0.2) is 0 Å². The second-order valence-corrected chi connectivity index (χ2v) is 9.32. The summed E-state index contributed by atoms with van der Waals surface area (Å²) in [4.78, 5) is 9.37. The minimum atomic E-state index is -3.32. The average Bonchev–Trinajstić information content (AvgIpc) is 3.10. The molecule has 0 spiro atoms. The first-order valence-corrected chi connectivity index (χ1v) is 10.7. The first kappa shape index (κ1) is 19.9. The van der Waals surface area contributed by atoms with Gasteiger partial charge in [-0.2, -0.15) is 22.1 Å². The zero-order chi connectivity index (χ0) is 19.6. The molecule has 9 heteroatoms. The van der Waals surface area contributed by atoms with Gasteiger partial charge in [-0.15, -0.1) is 0 Å². The Morgan fingerprint density at radius 3 is 2.56 bits per heavy atom. The molecule has 0 unspecified atom stereocenters. The molecule has 0 amide bonds. The molecule has 1 aliphatic rings. The van der Waals surface area contributed by atoms with E-state index in [9.17, 15) is 8.42 Å². The molecule has 148 valence electrons. The van der Waals surface area contributed by atoms with Crippen molar-refractivity contribution in [1.82, 2.24) is 28.4 Å². The lowest BCUT2D eigenvalue weighted by Crippen LogP contribution is -2.44. The molecule has 8 nitrogen and oxygen atoms in total. The van der Waals surface area contributed by atoms with E-state index in [-0.39, 0.29) is 0 Å². The van der Waals surface area contributed by atoms with E-state index in [0.29, 0.717) is 19.0 Å². The van der Waals surface area contributed by atoms with E-state index < -0.39 is 10.2 Å². The number of rotatable bonds is 6. The Morgan fingerprint density at radius 1 is 1.22 bits per heavy atom. The van der Waals surface area contributed by atoms with E-state index in [1.165, 1.54) is 4.31 Å². The van der Waals surface area contributed by atoms with Crippen molar-refractivity contribution in [3.05, 3.63) is 29.8 Å². The lowest BCUT2D eigenvalue weighted by molar-refractivity contribution is 0.259. The summed E-state index contributed by atoms with van der Waals surface area (Å²) in [6, 6.07) is 3.96. The van der Waals surface area contributed by atoms with Crippen LogP contribution in [-0.2, 0) is 23.2 Å². The van der Waals surface area contributed by atoms with Crippen molar-refractivity contribution in [2.45, 2.75) is 39.7 Å². The van der Waals surface area contributed by atoms with E-state index in [1.54, 1.807) is 24.6 Å². The van der Waals surface area contributed by atoms with Crippen LogP contribution in [0.5, 0.6) is 0 Å². The fraction of sp³-hybridized carbons (Fsp3) is 0.611. The van der Waals surface area contributed by atoms with Crippen molar-refractivity contribution in [2.75, 3.05) is 27.2 Å². The molecule has 0 aromatic carbocycles. The highest BCUT2D eigenvalue weighted by molar-refractivity contribution is 7.86. The van der Waals surface area contributed by atoms with Gasteiger partial charge in [-0.3, -0.25) is 4.68 Å². The molecule has 0 radical (unpaired) electrons. The van der Waals surface area contributed by atoms with Crippen molar-refractivity contribution in [3.8, 4) is 11.4 Å². The van der Waals surface area contributed by atoms with Crippen LogP contribution in [0.1, 0.15) is 31.3 Å². The Morgan fingerprint density at radius 2 is 1.93 bits per heavy atom. The highest BCUT2D eigenvalue weighted by atomic mass is 32.2. The molecule has 27 heavy (non-hydrogen) atoms. The minimum absolute atomic E-state index is 0.393. The molecule has 0 bridgehead atoms. The minimum Gasteiger partial charge on any atom is -0.264 e. The number of piperidine rings is 1. The molecule has 1 fully saturated rings. The third-order valence-electron chi connectivity index (χ3n) is 5.01. The largest absolute Gasteiger partial charge is 0.281 e. The number of aromatic nitrogens is 4. The van der Waals surface area contributed by atoms with Crippen molar-refractivity contribution in [3.63, 3.8) is 0 Å². The van der Waals surface area contributed by atoms with Crippen molar-refractivity contribution >= 4 is 10.2 Å². The Balaban J connectivity index is 1.71. The van der Waals surface area contributed by atoms with E-state index in [0.717, 1.165) is 48.7 Å². The van der Waals surface area contributed by atoms with E-state index in [1.807, 2.05) is 23.7 Å². The summed E-state index contributed by atoms with van der Waals surface area (Å²) in [6.07, 6.45) is 4.21. The van der Waals surface area contributed by atoms with Gasteiger partial charge in [0.2, 0.25) is 0 Å². The summed E-state index contributed by atoms with van der Waals surface area (Å²) in [7, 11) is -0.173. The van der Waals surface area contributed by atoms with Crippen LogP contribution >= 0.6 is 0 Å². The maximum absolute atomic E-state index is 12.3. The molecule has 0 aliphatic carbocycles. The Labute approximate surface area is 161 Å². The van der Waals surface area contributed by atoms with Gasteiger partial charge in [-0.25, -0.2) is 9.97 Å². The average molecular weight is 393 g/mol. The zero-order valence-electron chi connectivity index (χ0n) is 16.5. The monoisotopic (exact) mass is 392 g/mol. The van der Waals surface area contributed by atoms with Crippen LogP contribution in [-0.4, -0.2) is 64.0 Å². The van der Waals surface area contributed by atoms with E-state index >= 15 is 0 Å². The lowest BCUT2D eigenvalue weighted by atomic mass is 9.94. The van der Waals surface area contributed by atoms with E-state index in [4.69, 9.17) is 4.98 Å². The molecule has 3 heterocycles. The first-order valence-electron chi connectivity index (χ1n) is 9.35. The molecule has 0 atom stereocenters. The normalized spacial score (nSPS) is 16.9. The maximum atomic E-state index is 12.3. The van der Waals surface area contributed by atoms with Crippen LogP contribution in [0, 0.1) is 12.8 Å². The molecule has 1 aliphatic heterocycles. The van der Waals surface area contributed by atoms with Gasteiger partial charge in [0, 0.05) is 52.0 Å². The van der Waals surface area contributed by atoms with Crippen LogP contribution in [0.4, 0.5) is 0 Å². The van der Waals surface area contributed by atoms with Gasteiger partial charge in [0.05, 0.1) is 11.4 Å². The topological polar surface area (TPSA) is 84.2 Å². The standard InChI is InChI=1S/C18H28N6O2S/c1-5-24-17(6-9-19-24)16-12-14(2)20-18(21-16)13-15-7-10-23(11-8-15)27(25,26)22(3)4/h6,9,12,15H,5,7-8,10-11,13H2,1-4H3. The number of hydrogen-bond acceptors (Lipinski definition) is 5. The molecule has 2 aromatic rings. The molecular formula is C18H28N6O2S. The van der Waals surface area contributed by atoms with Gasteiger partial charge in [0.1, 0.15) is 5.82 Å². The second-order valence-electron chi connectivity index (χ2n) is 7.18. The smallest absolute Gasteiger partial charge is 0.264 e. The quantitative estimate of drug-likeness (QED) is 0.747. The van der Waals surface area contributed by atoms with E-state index in [2.05, 4.69) is 17.0 Å². The van der Waals surface area contributed by atoms with Crippen LogP contribution < -0.4 is 0 Å². The highest BCUT2D eigenvalue weighted by Crippen LogP contribution is 2.24. The third kappa shape index (κ3) is 4.36. The SMILES string of the molecule is CCn1nccc1-c1cc(C)nc(CC2CCN(S(=O)(=O)N(C)C)CC2)n1. The van der Waals surface area contributed by atoms with Crippen LogP contribution in [0.3, 0.4) is 0 Å². The van der Waals surface area contributed by atoms with Gasteiger partial charge >= 0.3 is 0 Å². The fourth-order valence-corrected chi connectivity index (χ4v) is 4.62. The number of aryl methyl sites for hydroxylation is 2. The summed E-state index contributed by atoms with van der Waals surface area (Å²) in [6.45, 7) is 5.92. The molecule has 0 N–H and O–H groups in total. The van der Waals surface area contributed by atoms with Crippen molar-refractivity contribution in [1.29, 1.82) is 0 Å². The van der Waals surface area contributed by atoms with Crippen molar-refractivity contribution in [2.24, 2.45) is 5.92 Å². The van der Waals surface area contributed by atoms with Crippen LogP contribution in [0.15, 0.2) is 18.3 Å². The zero-order valence-corrected chi connectivity index (χ0v) is 17.3. The molecule has 1 saturated heterocycles. The summed E-state index contributed by atoms with van der Waals surface area (Å²) >= 11 is 0. The van der Waals surface area contributed by atoms with Gasteiger partial charge in [0.25, 0.3) is 10.2 Å². The predicted octanol–water partition coefficient (Wildman–Crippen LogP) is 1.73. The summed E-state index contributed by atoms with van der Waals surface area (Å²) in [5.74, 6) is 1.21. The fourth-order valence-electron chi connectivity index (χ4n) is 3.49. The Kier molecular flexibility index (Phi) is 5.92. The third-order valence-corrected chi connectivity index (χ3v) is 6.95. The number of hydrogen-bond donors (Lipinski definition) is 0. The van der Waals surface area contributed by atoms with Crippen LogP contribution in [0.2, 0.25) is 0 Å².